The Kier molecular flexibility index (Phi) is 4.60. The Bertz CT molecular complexity index is 286. The van der Waals surface area contributed by atoms with Gasteiger partial charge >= 0.3 is 0 Å². The molecular weight excluding hydrogens is 214 g/mol. The van der Waals surface area contributed by atoms with E-state index in [1.165, 1.54) is 0 Å². The van der Waals surface area contributed by atoms with Crippen LogP contribution in [-0.2, 0) is 9.53 Å². The molecule has 1 aliphatic carbocycles. The minimum atomic E-state index is 0.223. The molecule has 3 nitrogen and oxygen atoms in total. The first-order valence-corrected chi connectivity index (χ1v) is 6.86. The van der Waals surface area contributed by atoms with Gasteiger partial charge in [0.15, 0.2) is 0 Å². The molecular formula is C14H23NO2. The lowest BCUT2D eigenvalue weighted by atomic mass is 9.92. The van der Waals surface area contributed by atoms with Gasteiger partial charge in [-0.3, -0.25) is 4.79 Å². The molecule has 0 aromatic heterocycles. The predicted octanol–water partition coefficient (Wildman–Crippen LogP) is 2.37. The summed E-state index contributed by atoms with van der Waals surface area (Å²) in [7, 11) is 0. The van der Waals surface area contributed by atoms with E-state index in [4.69, 9.17) is 4.74 Å². The fraction of sp³-hybridized carbons (Fsp3) is 0.786. The molecule has 3 heteroatoms. The van der Waals surface area contributed by atoms with Gasteiger partial charge in [-0.25, -0.2) is 0 Å². The van der Waals surface area contributed by atoms with Crippen LogP contribution in [0.25, 0.3) is 0 Å². The zero-order valence-electron chi connectivity index (χ0n) is 10.7. The van der Waals surface area contributed by atoms with Crippen LogP contribution in [0.15, 0.2) is 12.2 Å². The van der Waals surface area contributed by atoms with Gasteiger partial charge in [-0.2, -0.15) is 0 Å². The molecule has 0 aromatic rings. The lowest BCUT2D eigenvalue weighted by Gasteiger charge is -2.35. The van der Waals surface area contributed by atoms with E-state index in [1.807, 2.05) is 11.8 Å². The number of piperidine rings is 1. The third-order valence-corrected chi connectivity index (χ3v) is 3.71. The standard InChI is InChI=1S/C14H23NO2/c1-2-17-13-9-6-10-15(11-13)14(16)12-7-4-3-5-8-12/h3-4,12-13H,2,5-11H2,1H3/t12-,13+/m0/s1. The molecule has 0 N–H and O–H groups in total. The number of rotatable bonds is 3. The van der Waals surface area contributed by atoms with E-state index < -0.39 is 0 Å². The molecule has 0 aromatic carbocycles. The minimum Gasteiger partial charge on any atom is -0.377 e. The van der Waals surface area contributed by atoms with Gasteiger partial charge in [-0.15, -0.1) is 0 Å². The zero-order valence-corrected chi connectivity index (χ0v) is 10.7. The second-order valence-corrected chi connectivity index (χ2v) is 4.99. The predicted molar refractivity (Wildman–Crippen MR) is 67.7 cm³/mol. The first-order chi connectivity index (χ1) is 8.31. The number of allylic oxidation sites excluding steroid dienone is 2. The van der Waals surface area contributed by atoms with Gasteiger partial charge in [-0.05, 0) is 39.0 Å². The van der Waals surface area contributed by atoms with E-state index >= 15 is 0 Å². The quantitative estimate of drug-likeness (QED) is 0.705. The highest BCUT2D eigenvalue weighted by Crippen LogP contribution is 2.23. The molecule has 2 atom stereocenters. The Hall–Kier alpha value is -0.830. The molecule has 0 unspecified atom stereocenters. The number of carbonyl (C=O) groups excluding carboxylic acids is 1. The van der Waals surface area contributed by atoms with Crippen LogP contribution in [-0.4, -0.2) is 36.6 Å². The summed E-state index contributed by atoms with van der Waals surface area (Å²) in [5, 5.41) is 0. The SMILES string of the molecule is CCO[C@@H]1CCCN(C(=O)[C@H]2CC=CCC2)C1. The highest BCUT2D eigenvalue weighted by atomic mass is 16.5. The Morgan fingerprint density at radius 3 is 3.00 bits per heavy atom. The summed E-state index contributed by atoms with van der Waals surface area (Å²) in [6.45, 7) is 4.49. The zero-order chi connectivity index (χ0) is 12.1. The molecule has 0 radical (unpaired) electrons. The van der Waals surface area contributed by atoms with Crippen molar-refractivity contribution in [3.8, 4) is 0 Å². The van der Waals surface area contributed by atoms with Gasteiger partial charge in [0.2, 0.25) is 5.91 Å². The average Bonchev–Trinajstić information content (AvgIpc) is 2.40. The van der Waals surface area contributed by atoms with Crippen molar-refractivity contribution in [2.45, 2.75) is 45.1 Å². The molecule has 96 valence electrons. The Labute approximate surface area is 104 Å². The van der Waals surface area contributed by atoms with Crippen LogP contribution in [0.2, 0.25) is 0 Å². The molecule has 0 bridgehead atoms. The van der Waals surface area contributed by atoms with E-state index in [1.54, 1.807) is 0 Å². The number of nitrogens with zero attached hydrogens (tertiary/aromatic N) is 1. The molecule has 1 heterocycles. The summed E-state index contributed by atoms with van der Waals surface area (Å²) in [6, 6.07) is 0. The first kappa shape index (κ1) is 12.6. The monoisotopic (exact) mass is 237 g/mol. The molecule has 1 aliphatic heterocycles. The maximum Gasteiger partial charge on any atom is 0.226 e. The van der Waals surface area contributed by atoms with Crippen LogP contribution in [0.4, 0.5) is 0 Å². The van der Waals surface area contributed by atoms with Crippen molar-refractivity contribution in [3.05, 3.63) is 12.2 Å². The molecule has 1 saturated heterocycles. The van der Waals surface area contributed by atoms with Crippen molar-refractivity contribution in [3.63, 3.8) is 0 Å². The van der Waals surface area contributed by atoms with Gasteiger partial charge in [0.05, 0.1) is 6.10 Å². The summed E-state index contributed by atoms with van der Waals surface area (Å²) in [5.74, 6) is 0.569. The van der Waals surface area contributed by atoms with Crippen molar-refractivity contribution in [2.24, 2.45) is 5.92 Å². The second kappa shape index (κ2) is 6.20. The number of carbonyl (C=O) groups is 1. The van der Waals surface area contributed by atoms with Crippen LogP contribution >= 0.6 is 0 Å². The van der Waals surface area contributed by atoms with Crippen molar-refractivity contribution in [1.82, 2.24) is 4.90 Å². The summed E-state index contributed by atoms with van der Waals surface area (Å²) >= 11 is 0. The van der Waals surface area contributed by atoms with Crippen LogP contribution in [0.1, 0.15) is 39.0 Å². The van der Waals surface area contributed by atoms with Gasteiger partial charge in [0.1, 0.15) is 0 Å². The van der Waals surface area contributed by atoms with E-state index in [-0.39, 0.29) is 12.0 Å². The first-order valence-electron chi connectivity index (χ1n) is 6.86. The third kappa shape index (κ3) is 3.32. The molecule has 0 spiro atoms. The molecule has 1 amide bonds. The fourth-order valence-corrected chi connectivity index (χ4v) is 2.79. The maximum absolute atomic E-state index is 12.3. The molecule has 0 saturated carbocycles. The molecule has 2 rings (SSSR count). The highest BCUT2D eigenvalue weighted by molar-refractivity contribution is 5.79. The Morgan fingerprint density at radius 1 is 1.41 bits per heavy atom. The van der Waals surface area contributed by atoms with Crippen molar-refractivity contribution < 1.29 is 9.53 Å². The molecule has 1 fully saturated rings. The summed E-state index contributed by atoms with van der Waals surface area (Å²) < 4.78 is 5.64. The highest BCUT2D eigenvalue weighted by Gasteiger charge is 2.28. The Morgan fingerprint density at radius 2 is 2.29 bits per heavy atom. The van der Waals surface area contributed by atoms with Crippen LogP contribution in [0, 0.1) is 5.92 Å². The number of likely N-dealkylation sites (tertiary alicyclic amines) is 1. The van der Waals surface area contributed by atoms with Crippen molar-refractivity contribution >= 4 is 5.91 Å². The van der Waals surface area contributed by atoms with Gasteiger partial charge in [0.25, 0.3) is 0 Å². The molecule has 2 aliphatic rings. The van der Waals surface area contributed by atoms with E-state index in [0.29, 0.717) is 5.91 Å². The molecule has 17 heavy (non-hydrogen) atoms. The van der Waals surface area contributed by atoms with Crippen LogP contribution in [0.5, 0.6) is 0 Å². The Balaban J connectivity index is 1.87. The van der Waals surface area contributed by atoms with Gasteiger partial charge in [-0.1, -0.05) is 12.2 Å². The van der Waals surface area contributed by atoms with Crippen LogP contribution < -0.4 is 0 Å². The number of hydrogen-bond donors (Lipinski definition) is 0. The third-order valence-electron chi connectivity index (χ3n) is 3.71. The largest absolute Gasteiger partial charge is 0.377 e. The van der Waals surface area contributed by atoms with E-state index in [2.05, 4.69) is 12.2 Å². The van der Waals surface area contributed by atoms with E-state index in [9.17, 15) is 4.79 Å². The lowest BCUT2D eigenvalue weighted by Crippen LogP contribution is -2.45. The van der Waals surface area contributed by atoms with Gasteiger partial charge < -0.3 is 9.64 Å². The smallest absolute Gasteiger partial charge is 0.226 e. The average molecular weight is 237 g/mol. The summed E-state index contributed by atoms with van der Waals surface area (Å²) in [6.07, 6.45) is 9.77. The maximum atomic E-state index is 12.3. The summed E-state index contributed by atoms with van der Waals surface area (Å²) in [5.41, 5.74) is 0. The van der Waals surface area contributed by atoms with Crippen LogP contribution in [0.3, 0.4) is 0 Å². The normalized spacial score (nSPS) is 29.4. The lowest BCUT2D eigenvalue weighted by molar-refractivity contribution is -0.139. The second-order valence-electron chi connectivity index (χ2n) is 4.99. The van der Waals surface area contributed by atoms with Crippen molar-refractivity contribution in [1.29, 1.82) is 0 Å². The topological polar surface area (TPSA) is 29.5 Å². The van der Waals surface area contributed by atoms with E-state index in [0.717, 1.165) is 51.8 Å². The summed E-state index contributed by atoms with van der Waals surface area (Å²) in [4.78, 5) is 14.4. The number of amides is 1. The number of ether oxygens (including phenoxy) is 1. The van der Waals surface area contributed by atoms with Crippen molar-refractivity contribution in [2.75, 3.05) is 19.7 Å². The van der Waals surface area contributed by atoms with Gasteiger partial charge in [0, 0.05) is 25.6 Å². The minimum absolute atomic E-state index is 0.223. The fourth-order valence-electron chi connectivity index (χ4n) is 2.79. The number of hydrogen-bond acceptors (Lipinski definition) is 2.